The van der Waals surface area contributed by atoms with Crippen LogP contribution in [0.2, 0.25) is 0 Å². The minimum Gasteiger partial charge on any atom is -0.480 e. The zero-order valence-electron chi connectivity index (χ0n) is 19.9. The number of carbonyl (C=O) groups excluding carboxylic acids is 2. The molecule has 2 aromatic rings. The van der Waals surface area contributed by atoms with Gasteiger partial charge in [-0.15, -0.1) is 0 Å². The fourth-order valence-corrected chi connectivity index (χ4v) is 5.26. The van der Waals surface area contributed by atoms with Crippen LogP contribution in [0.3, 0.4) is 0 Å². The third kappa shape index (κ3) is 4.75. The van der Waals surface area contributed by atoms with Crippen molar-refractivity contribution in [2.45, 2.75) is 37.8 Å². The van der Waals surface area contributed by atoms with Crippen LogP contribution < -0.4 is 5.32 Å². The number of hydrogen-bond acceptors (Lipinski definition) is 5. The number of alkyl carbamates (subject to hydrolysis) is 1. The number of amides is 2. The van der Waals surface area contributed by atoms with Gasteiger partial charge in [-0.05, 0) is 47.9 Å². The number of hydrogen-bond donors (Lipinski definition) is 2. The highest BCUT2D eigenvalue weighted by Gasteiger charge is 2.41. The van der Waals surface area contributed by atoms with E-state index in [0.717, 1.165) is 24.0 Å². The van der Waals surface area contributed by atoms with E-state index in [2.05, 4.69) is 29.6 Å². The average Bonchev–Trinajstić information content (AvgIpc) is 3.67. The minimum absolute atomic E-state index is 0.0347. The van der Waals surface area contributed by atoms with Gasteiger partial charge in [0, 0.05) is 32.1 Å². The maximum absolute atomic E-state index is 13.2. The number of piperazine rings is 1. The van der Waals surface area contributed by atoms with E-state index in [4.69, 9.17) is 4.74 Å². The van der Waals surface area contributed by atoms with Crippen molar-refractivity contribution < 1.29 is 24.2 Å². The van der Waals surface area contributed by atoms with Crippen LogP contribution in [0.5, 0.6) is 0 Å². The maximum Gasteiger partial charge on any atom is 0.407 e. The molecule has 2 aromatic carbocycles. The molecule has 1 saturated heterocycles. The normalized spacial score (nSPS) is 19.4. The first kappa shape index (κ1) is 23.4. The molecule has 0 spiro atoms. The first-order valence-electron chi connectivity index (χ1n) is 12.3. The monoisotopic (exact) mass is 477 g/mol. The number of nitrogens with one attached hydrogen (secondary N) is 1. The van der Waals surface area contributed by atoms with Crippen molar-refractivity contribution in [3.63, 3.8) is 0 Å². The number of nitrogens with zero attached hydrogens (tertiary/aromatic N) is 2. The van der Waals surface area contributed by atoms with Crippen molar-refractivity contribution in [2.24, 2.45) is 5.92 Å². The van der Waals surface area contributed by atoms with E-state index in [1.807, 2.05) is 29.2 Å². The summed E-state index contributed by atoms with van der Waals surface area (Å²) in [6, 6.07) is 15.2. The molecule has 8 heteroatoms. The van der Waals surface area contributed by atoms with Crippen LogP contribution >= 0.6 is 0 Å². The van der Waals surface area contributed by atoms with Gasteiger partial charge in [0.25, 0.3) is 0 Å². The molecule has 2 atom stereocenters. The van der Waals surface area contributed by atoms with Gasteiger partial charge < -0.3 is 20.1 Å². The van der Waals surface area contributed by atoms with E-state index < -0.39 is 24.1 Å². The van der Waals surface area contributed by atoms with Gasteiger partial charge in [0.1, 0.15) is 18.7 Å². The summed E-state index contributed by atoms with van der Waals surface area (Å²) in [6.45, 7) is 3.77. The lowest BCUT2D eigenvalue weighted by molar-refractivity contribution is -0.144. The maximum atomic E-state index is 13.2. The molecule has 3 aliphatic rings. The lowest BCUT2D eigenvalue weighted by Gasteiger charge is -2.38. The summed E-state index contributed by atoms with van der Waals surface area (Å²) in [5.74, 6) is -0.882. The van der Waals surface area contributed by atoms with Crippen LogP contribution in [-0.4, -0.2) is 77.7 Å². The quantitative estimate of drug-likeness (QED) is 0.636. The number of carboxylic acids is 1. The third-order valence-corrected chi connectivity index (χ3v) is 7.51. The topological polar surface area (TPSA) is 99.2 Å². The molecule has 0 aromatic heterocycles. The number of rotatable bonds is 7. The van der Waals surface area contributed by atoms with Gasteiger partial charge in [-0.3, -0.25) is 14.5 Å². The van der Waals surface area contributed by atoms with E-state index >= 15 is 0 Å². The summed E-state index contributed by atoms with van der Waals surface area (Å²) < 4.78 is 5.67. The first-order valence-corrected chi connectivity index (χ1v) is 12.3. The standard InChI is InChI=1S/C27H31N3O5/c1-17(26(32)33)29-12-14-30(15-13-29)25(31)24(18-10-11-18)28-27(34)35-16-23-21-8-4-2-6-19(21)20-7-3-5-9-22(20)23/h2-9,17-18,23-24H,10-16H2,1H3,(H,28,34)(H,32,33). The lowest BCUT2D eigenvalue weighted by Crippen LogP contribution is -2.57. The predicted octanol–water partition coefficient (Wildman–Crippen LogP) is 2.92. The number of fused-ring (bicyclic) bond motifs is 3. The average molecular weight is 478 g/mol. The number of carboxylic acid groups (broad SMARTS) is 1. The molecule has 35 heavy (non-hydrogen) atoms. The van der Waals surface area contributed by atoms with E-state index in [-0.39, 0.29) is 24.3 Å². The number of ether oxygens (including phenoxy) is 1. The fraction of sp³-hybridized carbons (Fsp3) is 0.444. The first-order chi connectivity index (χ1) is 16.9. The van der Waals surface area contributed by atoms with Gasteiger partial charge >= 0.3 is 12.1 Å². The van der Waals surface area contributed by atoms with Gasteiger partial charge in [-0.2, -0.15) is 0 Å². The van der Waals surface area contributed by atoms with Crippen molar-refractivity contribution in [1.29, 1.82) is 0 Å². The lowest BCUT2D eigenvalue weighted by atomic mass is 9.98. The largest absolute Gasteiger partial charge is 0.480 e. The van der Waals surface area contributed by atoms with Crippen molar-refractivity contribution in [3.05, 3.63) is 59.7 Å². The molecule has 0 bridgehead atoms. The Hall–Kier alpha value is -3.39. The summed E-state index contributed by atoms with van der Waals surface area (Å²) in [7, 11) is 0. The molecule has 0 radical (unpaired) electrons. The summed E-state index contributed by atoms with van der Waals surface area (Å²) in [5, 5.41) is 12.1. The highest BCUT2D eigenvalue weighted by atomic mass is 16.5. The van der Waals surface area contributed by atoms with Crippen molar-refractivity contribution in [3.8, 4) is 11.1 Å². The smallest absolute Gasteiger partial charge is 0.407 e. The van der Waals surface area contributed by atoms with Gasteiger partial charge in [0.2, 0.25) is 5.91 Å². The number of benzene rings is 2. The Morgan fingerprint density at radius 3 is 2.09 bits per heavy atom. The highest BCUT2D eigenvalue weighted by Crippen LogP contribution is 2.44. The molecule has 184 valence electrons. The second kappa shape index (κ2) is 9.70. The molecular formula is C27H31N3O5. The SMILES string of the molecule is CC(C(=O)O)N1CCN(C(=O)C(NC(=O)OCC2c3ccccc3-c3ccccc32)C2CC2)CC1. The predicted molar refractivity (Wildman–Crippen MR) is 130 cm³/mol. The van der Waals surface area contributed by atoms with E-state index in [9.17, 15) is 19.5 Å². The van der Waals surface area contributed by atoms with Crippen LogP contribution in [-0.2, 0) is 14.3 Å². The Labute approximate surface area is 204 Å². The molecule has 2 unspecified atom stereocenters. The highest BCUT2D eigenvalue weighted by molar-refractivity contribution is 5.86. The van der Waals surface area contributed by atoms with Gasteiger partial charge in [0.05, 0.1) is 0 Å². The molecule has 2 fully saturated rings. The van der Waals surface area contributed by atoms with Crippen LogP contribution in [0, 0.1) is 5.92 Å². The Bertz CT molecular complexity index is 1080. The molecule has 1 saturated carbocycles. The number of carbonyl (C=O) groups is 3. The fourth-order valence-electron chi connectivity index (χ4n) is 5.26. The molecule has 2 N–H and O–H groups in total. The third-order valence-electron chi connectivity index (χ3n) is 7.51. The molecule has 1 aliphatic heterocycles. The van der Waals surface area contributed by atoms with Crippen LogP contribution in [0.1, 0.15) is 36.8 Å². The summed E-state index contributed by atoms with van der Waals surface area (Å²) in [5.41, 5.74) is 4.62. The minimum atomic E-state index is -0.863. The van der Waals surface area contributed by atoms with Gasteiger partial charge in [-0.1, -0.05) is 48.5 Å². The Kier molecular flexibility index (Phi) is 6.47. The second-order valence-corrected chi connectivity index (χ2v) is 9.66. The molecule has 8 nitrogen and oxygen atoms in total. The summed E-state index contributed by atoms with van der Waals surface area (Å²) in [4.78, 5) is 40.9. The summed E-state index contributed by atoms with van der Waals surface area (Å²) >= 11 is 0. The van der Waals surface area contributed by atoms with Gasteiger partial charge in [0.15, 0.2) is 0 Å². The van der Waals surface area contributed by atoms with Crippen LogP contribution in [0.15, 0.2) is 48.5 Å². The van der Waals surface area contributed by atoms with Crippen molar-refractivity contribution in [2.75, 3.05) is 32.8 Å². The molecule has 1 heterocycles. The number of aliphatic carboxylic acids is 1. The zero-order chi connectivity index (χ0) is 24.5. The van der Waals surface area contributed by atoms with E-state index in [0.29, 0.717) is 26.2 Å². The van der Waals surface area contributed by atoms with Crippen molar-refractivity contribution >= 4 is 18.0 Å². The molecule has 5 rings (SSSR count). The second-order valence-electron chi connectivity index (χ2n) is 9.66. The molecular weight excluding hydrogens is 446 g/mol. The van der Waals surface area contributed by atoms with Crippen molar-refractivity contribution in [1.82, 2.24) is 15.1 Å². The molecule has 2 aliphatic carbocycles. The Morgan fingerprint density at radius 2 is 1.54 bits per heavy atom. The summed E-state index contributed by atoms with van der Waals surface area (Å²) in [6.07, 6.45) is 1.22. The Morgan fingerprint density at radius 1 is 0.971 bits per heavy atom. The van der Waals surface area contributed by atoms with E-state index in [1.54, 1.807) is 11.8 Å². The van der Waals surface area contributed by atoms with Crippen LogP contribution in [0.25, 0.3) is 11.1 Å². The molecule has 2 amide bonds. The zero-order valence-corrected chi connectivity index (χ0v) is 19.9. The van der Waals surface area contributed by atoms with E-state index in [1.165, 1.54) is 11.1 Å². The van der Waals surface area contributed by atoms with Gasteiger partial charge in [-0.25, -0.2) is 4.79 Å². The Balaban J connectivity index is 1.19. The van der Waals surface area contributed by atoms with Crippen LogP contribution in [0.4, 0.5) is 4.79 Å².